The fourth-order valence-electron chi connectivity index (χ4n) is 2.78. The topological polar surface area (TPSA) is 126 Å². The Labute approximate surface area is 155 Å². The number of nitrogens with zero attached hydrogens (tertiary/aromatic N) is 7. The zero-order valence-electron chi connectivity index (χ0n) is 15.1. The zero-order chi connectivity index (χ0) is 18.8. The number of hydrogen-bond donors (Lipinski definition) is 3. The van der Waals surface area contributed by atoms with Crippen LogP contribution in [0.1, 0.15) is 12.6 Å². The third kappa shape index (κ3) is 3.29. The molecule has 138 valence electrons. The molecule has 0 spiro atoms. The molecule has 10 nitrogen and oxygen atoms in total. The summed E-state index contributed by atoms with van der Waals surface area (Å²) < 4.78 is 1.84. The van der Waals surface area contributed by atoms with E-state index in [2.05, 4.69) is 35.6 Å². The van der Waals surface area contributed by atoms with E-state index in [0.717, 1.165) is 34.5 Å². The Morgan fingerprint density at radius 3 is 2.96 bits per heavy atom. The molecule has 0 aliphatic carbocycles. The Morgan fingerprint density at radius 2 is 2.19 bits per heavy atom. The van der Waals surface area contributed by atoms with Crippen LogP contribution in [-0.4, -0.2) is 42.0 Å². The largest absolute Gasteiger partial charge is 0.361 e. The van der Waals surface area contributed by atoms with Gasteiger partial charge in [0.05, 0.1) is 30.3 Å². The van der Waals surface area contributed by atoms with Crippen LogP contribution >= 0.6 is 0 Å². The number of anilines is 2. The van der Waals surface area contributed by atoms with Crippen LogP contribution in [0.25, 0.3) is 22.3 Å². The minimum Gasteiger partial charge on any atom is -0.361 e. The van der Waals surface area contributed by atoms with Crippen LogP contribution in [-0.2, 0) is 13.1 Å². The van der Waals surface area contributed by atoms with Gasteiger partial charge in [-0.1, -0.05) is 0 Å². The lowest BCUT2D eigenvalue weighted by Gasteiger charge is -2.16. The molecule has 0 bridgehead atoms. The van der Waals surface area contributed by atoms with Crippen molar-refractivity contribution < 1.29 is 0 Å². The van der Waals surface area contributed by atoms with Crippen molar-refractivity contribution in [1.29, 1.82) is 0 Å². The maximum Gasteiger partial charge on any atom is 0.185 e. The van der Waals surface area contributed by atoms with Gasteiger partial charge >= 0.3 is 0 Å². The predicted molar refractivity (Wildman–Crippen MR) is 103 cm³/mol. The molecule has 4 aromatic rings. The van der Waals surface area contributed by atoms with Crippen LogP contribution in [0.4, 0.5) is 11.6 Å². The smallest absolute Gasteiger partial charge is 0.185 e. The number of aromatic nitrogens is 7. The van der Waals surface area contributed by atoms with Crippen molar-refractivity contribution in [1.82, 2.24) is 34.9 Å². The summed E-state index contributed by atoms with van der Waals surface area (Å²) >= 11 is 0. The highest BCUT2D eigenvalue weighted by molar-refractivity contribution is 5.77. The second-order valence-electron chi connectivity index (χ2n) is 6.05. The van der Waals surface area contributed by atoms with Crippen molar-refractivity contribution in [2.24, 2.45) is 5.84 Å². The van der Waals surface area contributed by atoms with Gasteiger partial charge in [0.2, 0.25) is 0 Å². The van der Waals surface area contributed by atoms with Gasteiger partial charge in [-0.25, -0.2) is 20.8 Å². The minimum atomic E-state index is 0.457. The number of H-pyrrole nitrogens is 1. The summed E-state index contributed by atoms with van der Waals surface area (Å²) in [7, 11) is 1.72. The number of fused-ring (bicyclic) bond motifs is 1. The predicted octanol–water partition coefficient (Wildman–Crippen LogP) is 1.55. The molecule has 0 saturated carbocycles. The summed E-state index contributed by atoms with van der Waals surface area (Å²) in [6.07, 6.45) is 7.13. The fourth-order valence-corrected chi connectivity index (χ4v) is 2.78. The van der Waals surface area contributed by atoms with Gasteiger partial charge in [-0.3, -0.25) is 14.8 Å². The average molecular weight is 364 g/mol. The van der Waals surface area contributed by atoms with Gasteiger partial charge in [0.25, 0.3) is 0 Å². The second kappa shape index (κ2) is 7.00. The van der Waals surface area contributed by atoms with Crippen LogP contribution in [0.5, 0.6) is 0 Å². The highest BCUT2D eigenvalue weighted by Crippen LogP contribution is 2.24. The lowest BCUT2D eigenvalue weighted by molar-refractivity contribution is 0.660. The number of aromatic amines is 1. The number of hydrogen-bond acceptors (Lipinski definition) is 8. The molecular formula is C17H20N10. The summed E-state index contributed by atoms with van der Waals surface area (Å²) in [5.41, 5.74) is 3.21. The molecule has 0 aromatic carbocycles. The van der Waals surface area contributed by atoms with Gasteiger partial charge in [-0.2, -0.15) is 10.2 Å². The number of nitrogens with two attached hydrogens (primary N) is 1. The third-order valence-electron chi connectivity index (χ3n) is 4.18. The first-order chi connectivity index (χ1) is 13.2. The average Bonchev–Trinajstić information content (AvgIpc) is 3.33. The van der Waals surface area contributed by atoms with Gasteiger partial charge < -0.3 is 5.32 Å². The molecule has 10 heteroatoms. The van der Waals surface area contributed by atoms with Gasteiger partial charge in [-0.15, -0.1) is 0 Å². The number of hydrazine groups is 1. The first-order valence-electron chi connectivity index (χ1n) is 8.56. The monoisotopic (exact) mass is 364 g/mol. The molecule has 0 fully saturated rings. The van der Waals surface area contributed by atoms with Crippen LogP contribution in [0.3, 0.4) is 0 Å². The van der Waals surface area contributed by atoms with Crippen LogP contribution in [0.15, 0.2) is 36.9 Å². The molecule has 0 radical (unpaired) electrons. The Hall–Kier alpha value is -3.53. The van der Waals surface area contributed by atoms with Crippen molar-refractivity contribution in [2.45, 2.75) is 20.0 Å². The Kier molecular flexibility index (Phi) is 4.38. The highest BCUT2D eigenvalue weighted by atomic mass is 15.4. The van der Waals surface area contributed by atoms with E-state index in [1.54, 1.807) is 25.6 Å². The Balaban J connectivity index is 1.64. The van der Waals surface area contributed by atoms with E-state index in [9.17, 15) is 0 Å². The summed E-state index contributed by atoms with van der Waals surface area (Å²) in [5.74, 6) is 7.02. The van der Waals surface area contributed by atoms with E-state index in [-0.39, 0.29) is 0 Å². The number of pyridine rings is 1. The summed E-state index contributed by atoms with van der Waals surface area (Å²) in [6.45, 7) is 3.28. The molecule has 0 atom stereocenters. The molecule has 0 saturated heterocycles. The molecule has 0 amide bonds. The van der Waals surface area contributed by atoms with Crippen LogP contribution in [0, 0.1) is 0 Å². The maximum atomic E-state index is 5.91. The molecular weight excluding hydrogens is 344 g/mol. The zero-order valence-corrected chi connectivity index (χ0v) is 15.1. The van der Waals surface area contributed by atoms with Crippen LogP contribution < -0.4 is 16.2 Å². The molecule has 4 aromatic heterocycles. The molecule has 4 N–H and O–H groups in total. The molecule has 4 heterocycles. The quantitative estimate of drug-likeness (QED) is 0.347. The number of nitrogens with one attached hydrogen (secondary N) is 2. The summed E-state index contributed by atoms with van der Waals surface area (Å²) in [6, 6.07) is 3.85. The Bertz CT molecular complexity index is 1060. The van der Waals surface area contributed by atoms with E-state index in [1.165, 1.54) is 5.01 Å². The SMILES string of the molecule is CCn1cc(-c2cnc(N(C)N)c(NCc3n[nH]c4ncccc34)n2)cn1. The highest BCUT2D eigenvalue weighted by Gasteiger charge is 2.14. The minimum absolute atomic E-state index is 0.457. The fraction of sp³-hybridized carbons (Fsp3) is 0.235. The van der Waals surface area contributed by atoms with Crippen molar-refractivity contribution in [3.63, 3.8) is 0 Å². The summed E-state index contributed by atoms with van der Waals surface area (Å²) in [5, 5.41) is 17.2. The van der Waals surface area contributed by atoms with Gasteiger partial charge in [0.1, 0.15) is 0 Å². The van der Waals surface area contributed by atoms with Crippen molar-refractivity contribution in [3.8, 4) is 11.3 Å². The maximum absolute atomic E-state index is 5.91. The van der Waals surface area contributed by atoms with Crippen molar-refractivity contribution >= 4 is 22.7 Å². The molecule has 0 aliphatic heterocycles. The van der Waals surface area contributed by atoms with Crippen LogP contribution in [0.2, 0.25) is 0 Å². The number of rotatable bonds is 6. The van der Waals surface area contributed by atoms with E-state index in [0.29, 0.717) is 18.2 Å². The standard InChI is InChI=1S/C17H20N10/c1-3-27-10-11(7-22-27)13-8-21-17(26(2)18)16(23-13)20-9-14-12-5-4-6-19-15(12)25-24-14/h4-8,10H,3,9,18H2,1-2H3,(H,20,23)(H,19,24,25). The Morgan fingerprint density at radius 1 is 1.30 bits per heavy atom. The summed E-state index contributed by atoms with van der Waals surface area (Å²) in [4.78, 5) is 13.4. The van der Waals surface area contributed by atoms with E-state index < -0.39 is 0 Å². The van der Waals surface area contributed by atoms with Crippen molar-refractivity contribution in [3.05, 3.63) is 42.6 Å². The molecule has 27 heavy (non-hydrogen) atoms. The first-order valence-corrected chi connectivity index (χ1v) is 8.56. The van der Waals surface area contributed by atoms with Gasteiger partial charge in [0.15, 0.2) is 17.3 Å². The number of aryl methyl sites for hydroxylation is 1. The van der Waals surface area contributed by atoms with Crippen molar-refractivity contribution in [2.75, 3.05) is 17.4 Å². The van der Waals surface area contributed by atoms with Gasteiger partial charge in [-0.05, 0) is 19.1 Å². The van der Waals surface area contributed by atoms with E-state index >= 15 is 0 Å². The molecule has 0 aliphatic rings. The third-order valence-corrected chi connectivity index (χ3v) is 4.18. The molecule has 0 unspecified atom stereocenters. The van der Waals surface area contributed by atoms with E-state index in [1.807, 2.05) is 29.9 Å². The lowest BCUT2D eigenvalue weighted by Crippen LogP contribution is -2.27. The van der Waals surface area contributed by atoms with Gasteiger partial charge in [0, 0.05) is 36.9 Å². The van der Waals surface area contributed by atoms with E-state index in [4.69, 9.17) is 5.84 Å². The second-order valence-corrected chi connectivity index (χ2v) is 6.05. The molecule has 4 rings (SSSR count). The first kappa shape index (κ1) is 16.9. The normalized spacial score (nSPS) is 11.1. The lowest BCUT2D eigenvalue weighted by atomic mass is 10.2.